The van der Waals surface area contributed by atoms with E-state index >= 15 is 0 Å². The summed E-state index contributed by atoms with van der Waals surface area (Å²) in [4.78, 5) is 28.7. The maximum atomic E-state index is 14.1. The van der Waals surface area contributed by atoms with Crippen molar-refractivity contribution < 1.29 is 18.0 Å². The standard InChI is InChI=1S/C32H39Cl2N3O4S/c1-7-23(5)35-32(39)24(6)36(19-25-10-17-29(33)30(34)18-25)31(38)20-37(27-13-11-26(12-14-27)21(2)3)42(40,41)28-15-8-22(4)9-16-28/h8-18,21,23-24H,7,19-20H2,1-6H3,(H,35,39)/t23-,24-/m1/s1. The zero-order valence-electron chi connectivity index (χ0n) is 24.9. The molecule has 3 aromatic rings. The summed E-state index contributed by atoms with van der Waals surface area (Å²) < 4.78 is 29.1. The van der Waals surface area contributed by atoms with Gasteiger partial charge in [0.25, 0.3) is 10.0 Å². The van der Waals surface area contributed by atoms with E-state index in [2.05, 4.69) is 5.32 Å². The number of carbonyl (C=O) groups excluding carboxylic acids is 2. The molecule has 0 aliphatic heterocycles. The second-order valence-electron chi connectivity index (χ2n) is 10.8. The van der Waals surface area contributed by atoms with Crippen molar-refractivity contribution in [2.45, 2.75) is 77.4 Å². The SMILES string of the molecule is CC[C@@H](C)NC(=O)[C@@H](C)N(Cc1ccc(Cl)c(Cl)c1)C(=O)CN(c1ccc(C(C)C)cc1)S(=O)(=O)c1ccc(C)cc1. The number of nitrogens with one attached hydrogen (secondary N) is 1. The van der Waals surface area contributed by atoms with Crippen LogP contribution in [0, 0.1) is 6.92 Å². The number of nitrogens with zero attached hydrogens (tertiary/aromatic N) is 2. The molecule has 0 radical (unpaired) electrons. The number of benzene rings is 3. The lowest BCUT2D eigenvalue weighted by atomic mass is 10.0. The van der Waals surface area contributed by atoms with E-state index < -0.39 is 28.5 Å². The first-order chi connectivity index (χ1) is 19.7. The highest BCUT2D eigenvalue weighted by Crippen LogP contribution is 2.28. The highest BCUT2D eigenvalue weighted by Gasteiger charge is 2.33. The van der Waals surface area contributed by atoms with Crippen LogP contribution in [-0.2, 0) is 26.2 Å². The Balaban J connectivity index is 2.05. The zero-order chi connectivity index (χ0) is 31.2. The molecule has 42 heavy (non-hydrogen) atoms. The van der Waals surface area contributed by atoms with Crippen molar-refractivity contribution in [2.75, 3.05) is 10.8 Å². The number of rotatable bonds is 12. The number of hydrogen-bond acceptors (Lipinski definition) is 4. The molecule has 3 aromatic carbocycles. The van der Waals surface area contributed by atoms with Crippen molar-refractivity contribution in [1.29, 1.82) is 0 Å². The van der Waals surface area contributed by atoms with Gasteiger partial charge in [0.05, 0.1) is 20.6 Å². The maximum Gasteiger partial charge on any atom is 0.264 e. The monoisotopic (exact) mass is 631 g/mol. The van der Waals surface area contributed by atoms with E-state index in [1.165, 1.54) is 17.0 Å². The van der Waals surface area contributed by atoms with Crippen molar-refractivity contribution in [1.82, 2.24) is 10.2 Å². The summed E-state index contributed by atoms with van der Waals surface area (Å²) >= 11 is 12.3. The van der Waals surface area contributed by atoms with E-state index in [4.69, 9.17) is 23.2 Å². The molecule has 0 heterocycles. The van der Waals surface area contributed by atoms with E-state index in [9.17, 15) is 18.0 Å². The van der Waals surface area contributed by atoms with Crippen molar-refractivity contribution in [3.63, 3.8) is 0 Å². The lowest BCUT2D eigenvalue weighted by Crippen LogP contribution is -2.52. The molecular formula is C32H39Cl2N3O4S. The molecule has 226 valence electrons. The third-order valence-electron chi connectivity index (χ3n) is 7.24. The molecule has 0 saturated heterocycles. The number of anilines is 1. The van der Waals surface area contributed by atoms with Crippen LogP contribution < -0.4 is 9.62 Å². The molecule has 0 bridgehead atoms. The van der Waals surface area contributed by atoms with Crippen LogP contribution >= 0.6 is 23.2 Å². The molecule has 1 N–H and O–H groups in total. The predicted molar refractivity (Wildman–Crippen MR) is 171 cm³/mol. The predicted octanol–water partition coefficient (Wildman–Crippen LogP) is 6.95. The number of halogens is 2. The molecule has 0 saturated carbocycles. The summed E-state index contributed by atoms with van der Waals surface area (Å²) in [5.74, 6) is -0.641. The molecule has 0 spiro atoms. The summed E-state index contributed by atoms with van der Waals surface area (Å²) in [6.07, 6.45) is 0.716. The van der Waals surface area contributed by atoms with Crippen molar-refractivity contribution in [3.05, 3.63) is 93.5 Å². The zero-order valence-corrected chi connectivity index (χ0v) is 27.2. The molecule has 2 amide bonds. The highest BCUT2D eigenvalue weighted by molar-refractivity contribution is 7.92. The Kier molecular flexibility index (Phi) is 11.5. The van der Waals surface area contributed by atoms with Crippen LogP contribution in [0.4, 0.5) is 5.69 Å². The molecule has 0 aliphatic rings. The van der Waals surface area contributed by atoms with Crippen LogP contribution in [0.25, 0.3) is 0 Å². The Morgan fingerprint density at radius 1 is 0.881 bits per heavy atom. The second-order valence-corrected chi connectivity index (χ2v) is 13.5. The van der Waals surface area contributed by atoms with E-state index in [1.54, 1.807) is 49.4 Å². The minimum absolute atomic E-state index is 0.0233. The van der Waals surface area contributed by atoms with Crippen molar-refractivity contribution in [3.8, 4) is 0 Å². The maximum absolute atomic E-state index is 14.1. The Hall–Kier alpha value is -3.07. The van der Waals surface area contributed by atoms with Gasteiger partial charge in [0.2, 0.25) is 11.8 Å². The van der Waals surface area contributed by atoms with Gasteiger partial charge in [-0.15, -0.1) is 0 Å². The molecule has 0 aromatic heterocycles. The van der Waals surface area contributed by atoms with Gasteiger partial charge in [-0.2, -0.15) is 0 Å². The van der Waals surface area contributed by atoms with Gasteiger partial charge < -0.3 is 10.2 Å². The molecule has 7 nitrogen and oxygen atoms in total. The largest absolute Gasteiger partial charge is 0.352 e. The van der Waals surface area contributed by atoms with Crippen LogP contribution in [0.15, 0.2) is 71.6 Å². The molecule has 2 atom stereocenters. The van der Waals surface area contributed by atoms with Gasteiger partial charge in [0.15, 0.2) is 0 Å². The molecule has 0 fully saturated rings. The molecule has 3 rings (SSSR count). The van der Waals surface area contributed by atoms with Crippen LogP contribution in [0.3, 0.4) is 0 Å². The fourth-order valence-electron chi connectivity index (χ4n) is 4.27. The Labute approximate surface area is 259 Å². The lowest BCUT2D eigenvalue weighted by molar-refractivity contribution is -0.139. The summed E-state index contributed by atoms with van der Waals surface area (Å²) in [5, 5.41) is 3.60. The van der Waals surface area contributed by atoms with Crippen LogP contribution in [0.5, 0.6) is 0 Å². The average molecular weight is 633 g/mol. The van der Waals surface area contributed by atoms with Gasteiger partial charge in [-0.3, -0.25) is 13.9 Å². The van der Waals surface area contributed by atoms with Gasteiger partial charge >= 0.3 is 0 Å². The van der Waals surface area contributed by atoms with Crippen molar-refractivity contribution >= 4 is 50.7 Å². The summed E-state index contributed by atoms with van der Waals surface area (Å²) in [5.41, 5.74) is 2.94. The van der Waals surface area contributed by atoms with E-state index in [0.717, 1.165) is 15.4 Å². The summed E-state index contributed by atoms with van der Waals surface area (Å²) in [6, 6.07) is 17.6. The van der Waals surface area contributed by atoms with Gasteiger partial charge in [0.1, 0.15) is 12.6 Å². The highest BCUT2D eigenvalue weighted by atomic mass is 35.5. The number of aryl methyl sites for hydroxylation is 1. The van der Waals surface area contributed by atoms with Crippen LogP contribution in [0.1, 0.15) is 63.6 Å². The Bertz CT molecular complexity index is 1490. The van der Waals surface area contributed by atoms with Crippen molar-refractivity contribution in [2.24, 2.45) is 0 Å². The second kappa shape index (κ2) is 14.4. The van der Waals surface area contributed by atoms with Crippen LogP contribution in [0.2, 0.25) is 10.0 Å². The number of hydrogen-bond donors (Lipinski definition) is 1. The van der Waals surface area contributed by atoms with E-state index in [1.807, 2.05) is 46.8 Å². The third-order valence-corrected chi connectivity index (χ3v) is 9.77. The smallest absolute Gasteiger partial charge is 0.264 e. The summed E-state index contributed by atoms with van der Waals surface area (Å²) in [6.45, 7) is 10.9. The minimum Gasteiger partial charge on any atom is -0.352 e. The first-order valence-electron chi connectivity index (χ1n) is 14.0. The van der Waals surface area contributed by atoms with E-state index in [0.29, 0.717) is 27.7 Å². The Morgan fingerprint density at radius 2 is 1.50 bits per heavy atom. The Morgan fingerprint density at radius 3 is 2.05 bits per heavy atom. The average Bonchev–Trinajstić information content (AvgIpc) is 2.96. The molecular weight excluding hydrogens is 593 g/mol. The molecule has 0 aliphatic carbocycles. The normalized spacial score (nSPS) is 13.0. The quantitative estimate of drug-likeness (QED) is 0.234. The van der Waals surface area contributed by atoms with E-state index in [-0.39, 0.29) is 29.3 Å². The van der Waals surface area contributed by atoms with Gasteiger partial charge in [-0.25, -0.2) is 8.42 Å². The number of carbonyl (C=O) groups is 2. The topological polar surface area (TPSA) is 86.8 Å². The van der Waals surface area contributed by atoms with Gasteiger partial charge in [-0.1, -0.05) is 79.9 Å². The van der Waals surface area contributed by atoms with Gasteiger partial charge in [0, 0.05) is 12.6 Å². The molecule has 0 unspecified atom stereocenters. The number of sulfonamides is 1. The van der Waals surface area contributed by atoms with Crippen LogP contribution in [-0.4, -0.2) is 43.8 Å². The fourth-order valence-corrected chi connectivity index (χ4v) is 6.01. The fraction of sp³-hybridized carbons (Fsp3) is 0.375. The lowest BCUT2D eigenvalue weighted by Gasteiger charge is -2.32. The molecule has 10 heteroatoms. The first-order valence-corrected chi connectivity index (χ1v) is 16.2. The summed E-state index contributed by atoms with van der Waals surface area (Å²) in [7, 11) is -4.14. The number of amides is 2. The first kappa shape index (κ1) is 33.4. The third kappa shape index (κ3) is 8.27. The van der Waals surface area contributed by atoms with Gasteiger partial charge in [-0.05, 0) is 80.6 Å². The minimum atomic E-state index is -4.14.